The van der Waals surface area contributed by atoms with Crippen molar-refractivity contribution in [2.75, 3.05) is 10.4 Å². The summed E-state index contributed by atoms with van der Waals surface area (Å²) in [5, 5.41) is 14.0. The van der Waals surface area contributed by atoms with Gasteiger partial charge < -0.3 is 9.94 Å². The molecule has 6 heteroatoms. The van der Waals surface area contributed by atoms with E-state index in [1.54, 1.807) is 54.6 Å². The van der Waals surface area contributed by atoms with Gasteiger partial charge in [0.1, 0.15) is 0 Å². The van der Waals surface area contributed by atoms with E-state index < -0.39 is 12.2 Å². The van der Waals surface area contributed by atoms with E-state index in [1.165, 1.54) is 0 Å². The van der Waals surface area contributed by atoms with Crippen molar-refractivity contribution in [1.29, 1.82) is 0 Å². The lowest BCUT2D eigenvalue weighted by atomic mass is 10.1. The summed E-state index contributed by atoms with van der Waals surface area (Å²) in [5.74, 6) is 0. The Labute approximate surface area is 137 Å². The number of nitrogens with zero attached hydrogens (tertiary/aromatic N) is 1. The Morgan fingerprint density at radius 2 is 1.54 bits per heavy atom. The molecule has 3 aromatic carbocycles. The molecule has 0 radical (unpaired) electrons. The number of fused-ring (bicyclic) bond motifs is 1. The van der Waals surface area contributed by atoms with Crippen LogP contribution in [0.1, 0.15) is 0 Å². The van der Waals surface area contributed by atoms with Gasteiger partial charge in [0, 0.05) is 11.1 Å². The summed E-state index contributed by atoms with van der Waals surface area (Å²) in [6, 6.07) is 21.0. The van der Waals surface area contributed by atoms with Gasteiger partial charge in [0.15, 0.2) is 0 Å². The van der Waals surface area contributed by atoms with Crippen molar-refractivity contribution in [1.82, 2.24) is 0 Å². The van der Waals surface area contributed by atoms with Crippen LogP contribution >= 0.6 is 0 Å². The fourth-order valence-electron chi connectivity index (χ4n) is 2.32. The standard InChI is InChI=1S/C18H14N2O4/c21-17(19-14-9-2-1-3-10-14)24-20(18(22)23)16-12-6-8-13-7-4-5-11-15(13)16/h1-12H,(H,19,21)(H,22,23). The fraction of sp³-hybridized carbons (Fsp3) is 0. The average Bonchev–Trinajstić information content (AvgIpc) is 2.60. The highest BCUT2D eigenvalue weighted by molar-refractivity contribution is 6.01. The van der Waals surface area contributed by atoms with Crippen LogP contribution in [0.25, 0.3) is 10.8 Å². The van der Waals surface area contributed by atoms with Crippen molar-refractivity contribution in [2.24, 2.45) is 0 Å². The first-order chi connectivity index (χ1) is 11.6. The van der Waals surface area contributed by atoms with Gasteiger partial charge in [-0.05, 0) is 23.6 Å². The highest BCUT2D eigenvalue weighted by Crippen LogP contribution is 2.27. The second-order valence-electron chi connectivity index (χ2n) is 4.94. The highest BCUT2D eigenvalue weighted by atomic mass is 16.7. The molecular weight excluding hydrogens is 308 g/mol. The molecule has 6 nitrogen and oxygen atoms in total. The maximum Gasteiger partial charge on any atom is 0.445 e. The van der Waals surface area contributed by atoms with E-state index in [1.807, 2.05) is 18.2 Å². The SMILES string of the molecule is O=C(Nc1ccccc1)ON(C(=O)O)c1cccc2ccccc12. The monoisotopic (exact) mass is 322 g/mol. The lowest BCUT2D eigenvalue weighted by molar-refractivity contribution is 0.128. The van der Waals surface area contributed by atoms with E-state index in [0.29, 0.717) is 16.1 Å². The normalized spacial score (nSPS) is 10.2. The second kappa shape index (κ2) is 6.70. The van der Waals surface area contributed by atoms with Crippen LogP contribution in [0.15, 0.2) is 72.8 Å². The van der Waals surface area contributed by atoms with E-state index in [-0.39, 0.29) is 5.69 Å². The summed E-state index contributed by atoms with van der Waals surface area (Å²) in [6.07, 6.45) is -2.29. The van der Waals surface area contributed by atoms with Crippen molar-refractivity contribution < 1.29 is 19.5 Å². The number of rotatable bonds is 2. The van der Waals surface area contributed by atoms with Crippen molar-refractivity contribution in [3.05, 3.63) is 72.8 Å². The van der Waals surface area contributed by atoms with Gasteiger partial charge in [-0.15, -0.1) is 5.06 Å². The molecule has 24 heavy (non-hydrogen) atoms. The Bertz CT molecular complexity index is 875. The minimum absolute atomic E-state index is 0.267. The molecular formula is C18H14N2O4. The molecule has 0 aliphatic rings. The molecule has 0 saturated heterocycles. The van der Waals surface area contributed by atoms with Crippen LogP contribution in [-0.4, -0.2) is 17.3 Å². The third kappa shape index (κ3) is 3.27. The average molecular weight is 322 g/mol. The Balaban J connectivity index is 1.87. The quantitative estimate of drug-likeness (QED) is 0.681. The lowest BCUT2D eigenvalue weighted by Crippen LogP contribution is -2.34. The lowest BCUT2D eigenvalue weighted by Gasteiger charge is -2.19. The number of carbonyl (C=O) groups is 2. The largest absolute Gasteiger partial charge is 0.463 e. The maximum absolute atomic E-state index is 12.0. The first-order valence-electron chi connectivity index (χ1n) is 7.20. The molecule has 0 bridgehead atoms. The molecule has 3 aromatic rings. The first-order valence-corrected chi connectivity index (χ1v) is 7.20. The predicted octanol–water partition coefficient (Wildman–Crippen LogP) is 4.49. The third-order valence-corrected chi connectivity index (χ3v) is 3.35. The van der Waals surface area contributed by atoms with Crippen LogP contribution in [0, 0.1) is 0 Å². The molecule has 3 rings (SSSR count). The van der Waals surface area contributed by atoms with E-state index in [4.69, 9.17) is 4.84 Å². The van der Waals surface area contributed by atoms with Gasteiger partial charge in [-0.2, -0.15) is 0 Å². The Morgan fingerprint density at radius 3 is 2.29 bits per heavy atom. The summed E-state index contributed by atoms with van der Waals surface area (Å²) in [4.78, 5) is 28.5. The number of nitrogens with one attached hydrogen (secondary N) is 1. The number of benzene rings is 3. The molecule has 0 unspecified atom stereocenters. The molecule has 0 spiro atoms. The smallest absolute Gasteiger partial charge is 0.445 e. The van der Waals surface area contributed by atoms with Crippen LogP contribution in [0.2, 0.25) is 0 Å². The van der Waals surface area contributed by atoms with Crippen molar-refractivity contribution in [2.45, 2.75) is 0 Å². The van der Waals surface area contributed by atoms with E-state index in [0.717, 1.165) is 5.39 Å². The number of carbonyl (C=O) groups excluding carboxylic acids is 1. The van der Waals surface area contributed by atoms with Crippen molar-refractivity contribution in [3.8, 4) is 0 Å². The van der Waals surface area contributed by atoms with Crippen LogP contribution in [0.4, 0.5) is 21.0 Å². The highest BCUT2D eigenvalue weighted by Gasteiger charge is 2.22. The van der Waals surface area contributed by atoms with Gasteiger partial charge in [-0.1, -0.05) is 54.6 Å². The van der Waals surface area contributed by atoms with E-state index >= 15 is 0 Å². The number of hydroxylamine groups is 1. The number of amides is 2. The zero-order valence-corrected chi connectivity index (χ0v) is 12.5. The Hall–Kier alpha value is -3.54. The van der Waals surface area contributed by atoms with Crippen LogP contribution < -0.4 is 10.4 Å². The van der Waals surface area contributed by atoms with E-state index in [9.17, 15) is 14.7 Å². The first kappa shape index (κ1) is 15.4. The molecule has 0 aliphatic carbocycles. The van der Waals surface area contributed by atoms with Gasteiger partial charge in [0.25, 0.3) is 0 Å². The number of para-hydroxylation sites is 1. The summed E-state index contributed by atoms with van der Waals surface area (Å²) >= 11 is 0. The maximum atomic E-state index is 12.0. The van der Waals surface area contributed by atoms with Crippen LogP contribution in [-0.2, 0) is 4.84 Å². The number of hydrogen-bond acceptors (Lipinski definition) is 3. The van der Waals surface area contributed by atoms with Gasteiger partial charge in [0.2, 0.25) is 0 Å². The van der Waals surface area contributed by atoms with Gasteiger partial charge in [0.05, 0.1) is 5.69 Å². The van der Waals surface area contributed by atoms with Crippen molar-refractivity contribution in [3.63, 3.8) is 0 Å². The minimum Gasteiger partial charge on any atom is -0.463 e. The molecule has 0 heterocycles. The van der Waals surface area contributed by atoms with Crippen LogP contribution in [0.3, 0.4) is 0 Å². The fourth-order valence-corrected chi connectivity index (χ4v) is 2.32. The van der Waals surface area contributed by atoms with Crippen LogP contribution in [0.5, 0.6) is 0 Å². The second-order valence-corrected chi connectivity index (χ2v) is 4.94. The number of anilines is 2. The Kier molecular flexibility index (Phi) is 4.29. The van der Waals surface area contributed by atoms with E-state index in [2.05, 4.69) is 5.32 Å². The summed E-state index contributed by atoms with van der Waals surface area (Å²) in [5.41, 5.74) is 0.773. The molecule has 0 saturated carbocycles. The molecule has 2 N–H and O–H groups in total. The molecule has 0 fully saturated rings. The third-order valence-electron chi connectivity index (χ3n) is 3.35. The van der Waals surface area contributed by atoms with Gasteiger partial charge in [-0.25, -0.2) is 9.59 Å². The zero-order valence-electron chi connectivity index (χ0n) is 12.5. The topological polar surface area (TPSA) is 78.9 Å². The Morgan fingerprint density at radius 1 is 0.875 bits per heavy atom. The minimum atomic E-state index is -1.39. The molecule has 2 amide bonds. The van der Waals surface area contributed by atoms with Gasteiger partial charge >= 0.3 is 12.2 Å². The molecule has 120 valence electrons. The summed E-state index contributed by atoms with van der Waals surface area (Å²) in [7, 11) is 0. The molecule has 0 aliphatic heterocycles. The summed E-state index contributed by atoms with van der Waals surface area (Å²) < 4.78 is 0. The number of carboxylic acid groups (broad SMARTS) is 1. The number of hydrogen-bond donors (Lipinski definition) is 2. The molecule has 0 aromatic heterocycles. The molecule has 0 atom stereocenters. The van der Waals surface area contributed by atoms with Crippen molar-refractivity contribution >= 4 is 34.3 Å². The van der Waals surface area contributed by atoms with Gasteiger partial charge in [-0.3, -0.25) is 5.32 Å². The summed E-state index contributed by atoms with van der Waals surface area (Å²) in [6.45, 7) is 0. The zero-order chi connectivity index (χ0) is 16.9. The predicted molar refractivity (Wildman–Crippen MR) is 91.0 cm³/mol.